The average Bonchev–Trinajstić information content (AvgIpc) is 2.85. The van der Waals surface area contributed by atoms with Crippen LogP contribution in [0.15, 0.2) is 71.2 Å². The van der Waals surface area contributed by atoms with Crippen LogP contribution in [0.25, 0.3) is 17.3 Å². The van der Waals surface area contributed by atoms with E-state index in [0.717, 1.165) is 5.56 Å². The van der Waals surface area contributed by atoms with Gasteiger partial charge in [0.05, 0.1) is 17.0 Å². The molecule has 0 radical (unpaired) electrons. The molecule has 1 atom stereocenters. The summed E-state index contributed by atoms with van der Waals surface area (Å²) in [6, 6.07) is 7.59. The van der Waals surface area contributed by atoms with Crippen molar-refractivity contribution in [2.75, 3.05) is 18.5 Å². The van der Waals surface area contributed by atoms with Crippen LogP contribution in [0, 0.1) is 5.41 Å². The lowest BCUT2D eigenvalue weighted by Crippen LogP contribution is -2.32. The largest absolute Gasteiger partial charge is 0.435 e. The predicted octanol–water partition coefficient (Wildman–Crippen LogP) is 4.46. The molecule has 2 aromatic rings. The number of benzene rings is 1. The van der Waals surface area contributed by atoms with E-state index >= 15 is 0 Å². The molecule has 1 unspecified atom stereocenters. The van der Waals surface area contributed by atoms with E-state index in [1.165, 1.54) is 28.8 Å². The molecule has 1 aliphatic heterocycles. The Labute approximate surface area is 219 Å². The molecular formula is C28H30F2N4O4. The minimum Gasteiger partial charge on any atom is -0.435 e. The number of alkyl halides is 2. The Balaban J connectivity index is 1.81. The lowest BCUT2D eigenvalue weighted by atomic mass is 9.94. The normalized spacial score (nSPS) is 17.9. The minimum absolute atomic E-state index is 0.0216. The van der Waals surface area contributed by atoms with E-state index in [1.807, 2.05) is 19.1 Å². The number of ether oxygens (including phenoxy) is 2. The lowest BCUT2D eigenvalue weighted by molar-refractivity contribution is -0.0498. The molecule has 200 valence electrons. The van der Waals surface area contributed by atoms with Crippen molar-refractivity contribution in [2.24, 2.45) is 0 Å². The van der Waals surface area contributed by atoms with Crippen molar-refractivity contribution in [3.8, 4) is 11.4 Å². The Kier molecular flexibility index (Phi) is 7.94. The topological polar surface area (TPSA) is 109 Å². The number of nitrogens with zero attached hydrogens (tertiary/aromatic N) is 1. The van der Waals surface area contributed by atoms with E-state index in [-0.39, 0.29) is 23.6 Å². The summed E-state index contributed by atoms with van der Waals surface area (Å²) in [4.78, 5) is 13.9. The van der Waals surface area contributed by atoms with Crippen LogP contribution >= 0.6 is 0 Å². The van der Waals surface area contributed by atoms with Gasteiger partial charge in [-0.3, -0.25) is 9.36 Å². The second kappa shape index (κ2) is 11.2. The first kappa shape index (κ1) is 27.0. The van der Waals surface area contributed by atoms with Crippen LogP contribution in [0.5, 0.6) is 5.75 Å². The molecule has 0 saturated heterocycles. The second-order valence-corrected chi connectivity index (χ2v) is 9.39. The fourth-order valence-electron chi connectivity index (χ4n) is 4.05. The zero-order chi connectivity index (χ0) is 27.4. The van der Waals surface area contributed by atoms with E-state index in [1.54, 1.807) is 44.3 Å². The number of halogens is 2. The van der Waals surface area contributed by atoms with Crippen LogP contribution < -0.4 is 20.9 Å². The Morgan fingerprint density at radius 1 is 1.24 bits per heavy atom. The summed E-state index contributed by atoms with van der Waals surface area (Å²) in [6.07, 6.45) is 9.92. The van der Waals surface area contributed by atoms with E-state index < -0.39 is 18.4 Å². The monoisotopic (exact) mass is 524 g/mol. The number of fused-ring (bicyclic) bond motifs is 1. The van der Waals surface area contributed by atoms with E-state index in [2.05, 4.69) is 15.4 Å². The summed E-state index contributed by atoms with van der Waals surface area (Å²) in [6.45, 7) is 2.99. The van der Waals surface area contributed by atoms with Gasteiger partial charge in [-0.25, -0.2) is 0 Å². The molecule has 2 aliphatic rings. The Hall–Kier alpha value is -4.02. The van der Waals surface area contributed by atoms with Crippen molar-refractivity contribution in [3.63, 3.8) is 0 Å². The summed E-state index contributed by atoms with van der Waals surface area (Å²) < 4.78 is 36.9. The second-order valence-electron chi connectivity index (χ2n) is 9.39. The number of aliphatic hydroxyl groups is 1. The molecule has 1 aliphatic carbocycles. The molecular weight excluding hydrogens is 494 g/mol. The van der Waals surface area contributed by atoms with Crippen molar-refractivity contribution in [3.05, 3.63) is 87.9 Å². The highest BCUT2D eigenvalue weighted by Gasteiger charge is 2.23. The van der Waals surface area contributed by atoms with Gasteiger partial charge >= 0.3 is 6.61 Å². The summed E-state index contributed by atoms with van der Waals surface area (Å²) in [5, 5.41) is 24.5. The zero-order valence-corrected chi connectivity index (χ0v) is 21.3. The fourth-order valence-corrected chi connectivity index (χ4v) is 4.05. The Morgan fingerprint density at radius 2 is 1.97 bits per heavy atom. The minimum atomic E-state index is -2.96. The number of aromatic nitrogens is 1. The smallest absolute Gasteiger partial charge is 0.387 e. The molecule has 0 saturated carbocycles. The molecule has 0 amide bonds. The quantitative estimate of drug-likeness (QED) is 0.386. The van der Waals surface area contributed by atoms with Crippen LogP contribution in [0.2, 0.25) is 0 Å². The van der Waals surface area contributed by atoms with E-state index in [9.17, 15) is 18.7 Å². The standard InChI is InChI=1S/C28H30F2N4O4/c1-4-37-24-12-6-18-14-22(17-5-11-23(31)19(13-17)15-32-16-28(2,3)36)26(35)34(25(18)33-24)20-7-9-21(10-8-20)38-27(29)30/h5-15,24,27,31-33,36H,4,16H2,1-3H3/b19-15-,31-23?. The summed E-state index contributed by atoms with van der Waals surface area (Å²) in [5.41, 5.74) is 1.67. The SMILES string of the molecule is CCOC1C=Cc2cc(C3=C/C(=C/NCC(C)(C)O)C(=N)C=C3)c(=O)n(-c3ccc(OC(F)F)cc3)c2N1. The number of rotatable bonds is 9. The molecule has 4 rings (SSSR count). The molecule has 0 fully saturated rings. The van der Waals surface area contributed by atoms with Crippen molar-refractivity contribution in [1.29, 1.82) is 5.41 Å². The van der Waals surface area contributed by atoms with Crippen LogP contribution in [0.4, 0.5) is 14.6 Å². The van der Waals surface area contributed by atoms with Gasteiger partial charge in [0.2, 0.25) is 0 Å². The van der Waals surface area contributed by atoms with Gasteiger partial charge in [0.1, 0.15) is 17.8 Å². The molecule has 4 N–H and O–H groups in total. The number of anilines is 1. The summed E-state index contributed by atoms with van der Waals surface area (Å²) >= 11 is 0. The maximum Gasteiger partial charge on any atom is 0.387 e. The van der Waals surface area contributed by atoms with E-state index in [0.29, 0.717) is 34.8 Å². The van der Waals surface area contributed by atoms with Gasteiger partial charge < -0.3 is 30.6 Å². The first-order valence-electron chi connectivity index (χ1n) is 12.1. The third-order valence-corrected chi connectivity index (χ3v) is 5.78. The van der Waals surface area contributed by atoms with Crippen molar-refractivity contribution in [1.82, 2.24) is 9.88 Å². The highest BCUT2D eigenvalue weighted by Crippen LogP contribution is 2.30. The summed E-state index contributed by atoms with van der Waals surface area (Å²) in [5.74, 6) is 0.476. The highest BCUT2D eigenvalue weighted by molar-refractivity contribution is 6.13. The molecule has 0 spiro atoms. The number of nitrogens with one attached hydrogen (secondary N) is 3. The van der Waals surface area contributed by atoms with Crippen molar-refractivity contribution < 1.29 is 23.4 Å². The molecule has 0 bridgehead atoms. The van der Waals surface area contributed by atoms with Gasteiger partial charge in [-0.2, -0.15) is 8.78 Å². The van der Waals surface area contributed by atoms with Crippen LogP contribution in [0.3, 0.4) is 0 Å². The van der Waals surface area contributed by atoms with Crippen molar-refractivity contribution >= 4 is 23.2 Å². The van der Waals surface area contributed by atoms with Gasteiger partial charge in [0.25, 0.3) is 5.56 Å². The first-order valence-corrected chi connectivity index (χ1v) is 12.1. The van der Waals surface area contributed by atoms with Crippen LogP contribution in [0.1, 0.15) is 31.9 Å². The third-order valence-electron chi connectivity index (χ3n) is 5.78. The maximum absolute atomic E-state index is 13.9. The number of hydrogen-bond acceptors (Lipinski definition) is 7. The Morgan fingerprint density at radius 3 is 2.63 bits per heavy atom. The van der Waals surface area contributed by atoms with Gasteiger partial charge in [0, 0.05) is 36.1 Å². The van der Waals surface area contributed by atoms with Crippen LogP contribution in [-0.4, -0.2) is 47.0 Å². The predicted molar refractivity (Wildman–Crippen MR) is 144 cm³/mol. The van der Waals surface area contributed by atoms with Gasteiger partial charge in [-0.05, 0) is 74.9 Å². The fraction of sp³-hybridized carbons (Fsp3) is 0.286. The van der Waals surface area contributed by atoms with Gasteiger partial charge in [-0.1, -0.05) is 12.2 Å². The van der Waals surface area contributed by atoms with Crippen molar-refractivity contribution in [2.45, 2.75) is 39.2 Å². The zero-order valence-electron chi connectivity index (χ0n) is 21.3. The molecule has 8 nitrogen and oxygen atoms in total. The van der Waals surface area contributed by atoms with E-state index in [4.69, 9.17) is 10.1 Å². The molecule has 38 heavy (non-hydrogen) atoms. The molecule has 1 aromatic carbocycles. The number of allylic oxidation sites excluding steroid dienone is 5. The van der Waals surface area contributed by atoms with Crippen LogP contribution in [-0.2, 0) is 4.74 Å². The first-order chi connectivity index (χ1) is 18.1. The molecule has 2 heterocycles. The van der Waals surface area contributed by atoms with Gasteiger partial charge in [-0.15, -0.1) is 0 Å². The maximum atomic E-state index is 13.9. The highest BCUT2D eigenvalue weighted by atomic mass is 19.3. The average molecular weight is 525 g/mol. The third kappa shape index (κ3) is 6.27. The summed E-state index contributed by atoms with van der Waals surface area (Å²) in [7, 11) is 0. The number of hydrogen-bond donors (Lipinski definition) is 4. The molecule has 10 heteroatoms. The van der Waals surface area contributed by atoms with Gasteiger partial charge in [0.15, 0.2) is 0 Å². The Bertz CT molecular complexity index is 1380. The number of pyridine rings is 1. The lowest BCUT2D eigenvalue weighted by Gasteiger charge is -2.26. The molecule has 1 aromatic heterocycles.